The zero-order valence-corrected chi connectivity index (χ0v) is 7.49. The van der Waals surface area contributed by atoms with Gasteiger partial charge in [-0.3, -0.25) is 4.98 Å². The number of rotatable bonds is 1. The fraction of sp³-hybridized carbons (Fsp3) is 0.500. The number of nitrogens with two attached hydrogens (primary N) is 1. The Morgan fingerprint density at radius 3 is 2.58 bits per heavy atom. The summed E-state index contributed by atoms with van der Waals surface area (Å²) >= 11 is 0. The van der Waals surface area contributed by atoms with Crippen LogP contribution in [0.2, 0.25) is 0 Å². The summed E-state index contributed by atoms with van der Waals surface area (Å²) in [5.41, 5.74) is 7.49. The Morgan fingerprint density at radius 1 is 1.50 bits per heavy atom. The smallest absolute Gasteiger partial charge is 0.0303 e. The summed E-state index contributed by atoms with van der Waals surface area (Å²) in [6, 6.07) is 4.38. The highest BCUT2D eigenvalue weighted by molar-refractivity contribution is 5.31. The molecule has 1 saturated carbocycles. The van der Waals surface area contributed by atoms with Crippen LogP contribution in [-0.4, -0.2) is 11.0 Å². The fourth-order valence-electron chi connectivity index (χ4n) is 1.87. The van der Waals surface area contributed by atoms with E-state index in [9.17, 15) is 0 Å². The molecule has 1 aliphatic carbocycles. The molecule has 0 saturated heterocycles. The summed E-state index contributed by atoms with van der Waals surface area (Å²) in [5.74, 6) is 0.506. The number of aromatic nitrogens is 1. The Labute approximate surface area is 72.8 Å². The topological polar surface area (TPSA) is 38.9 Å². The van der Waals surface area contributed by atoms with Crippen molar-refractivity contribution in [2.45, 2.75) is 25.8 Å². The molecule has 1 aromatic heterocycles. The van der Waals surface area contributed by atoms with Gasteiger partial charge in [-0.1, -0.05) is 19.9 Å². The molecule has 1 fully saturated rings. The molecule has 2 nitrogen and oxygen atoms in total. The summed E-state index contributed by atoms with van der Waals surface area (Å²) in [6.07, 6.45) is 3.71. The Hall–Kier alpha value is -0.890. The number of pyridine rings is 1. The van der Waals surface area contributed by atoms with Crippen LogP contribution in [0.1, 0.15) is 25.3 Å². The third-order valence-corrected chi connectivity index (χ3v) is 2.95. The van der Waals surface area contributed by atoms with Gasteiger partial charge < -0.3 is 5.73 Å². The third-order valence-electron chi connectivity index (χ3n) is 2.95. The molecular weight excluding hydrogens is 148 g/mol. The summed E-state index contributed by atoms with van der Waals surface area (Å²) in [7, 11) is 0. The molecular formula is C10H14N2. The Balaban J connectivity index is 2.25. The maximum Gasteiger partial charge on any atom is 0.0303 e. The highest BCUT2D eigenvalue weighted by Crippen LogP contribution is 2.56. The van der Waals surface area contributed by atoms with Gasteiger partial charge in [-0.15, -0.1) is 0 Å². The number of nitrogens with zero attached hydrogens (tertiary/aromatic N) is 1. The molecule has 1 aromatic rings. The minimum atomic E-state index is 0.267. The molecule has 2 rings (SSSR count). The standard InChI is InChI=1S/C10H14N2/c1-10(2)8(9(10)11)7-4-3-5-12-6-7/h3-6,8-9H,11H2,1-2H3/t8-,9-/m1/s1. The quantitative estimate of drug-likeness (QED) is 0.680. The van der Waals surface area contributed by atoms with Gasteiger partial charge in [0.15, 0.2) is 0 Å². The van der Waals surface area contributed by atoms with Crippen LogP contribution in [0.15, 0.2) is 24.5 Å². The van der Waals surface area contributed by atoms with E-state index in [0.717, 1.165) is 0 Å². The highest BCUT2D eigenvalue weighted by atomic mass is 14.8. The van der Waals surface area contributed by atoms with E-state index in [1.165, 1.54) is 5.56 Å². The second-order valence-electron chi connectivity index (χ2n) is 4.11. The number of hydrogen-bond donors (Lipinski definition) is 1. The van der Waals surface area contributed by atoms with Crippen molar-refractivity contribution in [1.29, 1.82) is 0 Å². The first kappa shape index (κ1) is 7.74. The number of hydrogen-bond acceptors (Lipinski definition) is 2. The molecule has 64 valence electrons. The molecule has 0 unspecified atom stereocenters. The van der Waals surface area contributed by atoms with E-state index in [1.54, 1.807) is 6.20 Å². The van der Waals surface area contributed by atoms with Crippen molar-refractivity contribution in [1.82, 2.24) is 4.98 Å². The predicted octanol–water partition coefficient (Wildman–Crippen LogP) is 1.53. The molecule has 12 heavy (non-hydrogen) atoms. The molecule has 0 bridgehead atoms. The molecule has 2 heteroatoms. The predicted molar refractivity (Wildman–Crippen MR) is 48.7 cm³/mol. The van der Waals surface area contributed by atoms with Crippen LogP contribution in [0, 0.1) is 5.41 Å². The lowest BCUT2D eigenvalue weighted by atomic mass is 10.1. The van der Waals surface area contributed by atoms with Crippen molar-refractivity contribution in [2.75, 3.05) is 0 Å². The first-order chi connectivity index (χ1) is 5.64. The molecule has 0 aliphatic heterocycles. The zero-order valence-electron chi connectivity index (χ0n) is 7.49. The van der Waals surface area contributed by atoms with E-state index in [1.807, 2.05) is 12.3 Å². The Morgan fingerprint density at radius 2 is 2.17 bits per heavy atom. The summed E-state index contributed by atoms with van der Waals surface area (Å²) < 4.78 is 0. The normalized spacial score (nSPS) is 31.6. The van der Waals surface area contributed by atoms with E-state index in [-0.39, 0.29) is 5.41 Å². The SMILES string of the molecule is CC1(C)[C@H](N)[C@H]1c1cccnc1. The largest absolute Gasteiger partial charge is 0.327 e. The van der Waals surface area contributed by atoms with Crippen LogP contribution in [0.5, 0.6) is 0 Å². The summed E-state index contributed by atoms with van der Waals surface area (Å²) in [6.45, 7) is 4.41. The van der Waals surface area contributed by atoms with Gasteiger partial charge in [0.25, 0.3) is 0 Å². The second-order valence-corrected chi connectivity index (χ2v) is 4.11. The molecule has 1 aliphatic rings. The minimum absolute atomic E-state index is 0.267. The van der Waals surface area contributed by atoms with E-state index < -0.39 is 0 Å². The molecule has 2 atom stereocenters. The minimum Gasteiger partial charge on any atom is -0.327 e. The summed E-state index contributed by atoms with van der Waals surface area (Å²) in [4.78, 5) is 4.09. The van der Waals surface area contributed by atoms with Gasteiger partial charge in [0.2, 0.25) is 0 Å². The van der Waals surface area contributed by atoms with Gasteiger partial charge in [0.05, 0.1) is 0 Å². The van der Waals surface area contributed by atoms with Crippen LogP contribution in [0.4, 0.5) is 0 Å². The van der Waals surface area contributed by atoms with Gasteiger partial charge in [0.1, 0.15) is 0 Å². The Bertz CT molecular complexity index is 279. The maximum absolute atomic E-state index is 5.95. The maximum atomic E-state index is 5.95. The van der Waals surface area contributed by atoms with Crippen molar-refractivity contribution in [3.63, 3.8) is 0 Å². The van der Waals surface area contributed by atoms with Crippen LogP contribution in [0.25, 0.3) is 0 Å². The van der Waals surface area contributed by atoms with Gasteiger partial charge in [-0.05, 0) is 17.0 Å². The third kappa shape index (κ3) is 0.950. The van der Waals surface area contributed by atoms with Crippen molar-refractivity contribution < 1.29 is 0 Å². The zero-order chi connectivity index (χ0) is 8.77. The first-order valence-electron chi connectivity index (χ1n) is 4.29. The van der Waals surface area contributed by atoms with Crippen molar-refractivity contribution in [3.8, 4) is 0 Å². The van der Waals surface area contributed by atoms with E-state index in [0.29, 0.717) is 12.0 Å². The molecule has 0 aromatic carbocycles. The average molecular weight is 162 g/mol. The monoisotopic (exact) mass is 162 g/mol. The molecule has 0 radical (unpaired) electrons. The van der Waals surface area contributed by atoms with Gasteiger partial charge in [-0.25, -0.2) is 0 Å². The van der Waals surface area contributed by atoms with Crippen LogP contribution in [0.3, 0.4) is 0 Å². The molecule has 2 N–H and O–H groups in total. The van der Waals surface area contributed by atoms with E-state index in [2.05, 4.69) is 24.9 Å². The van der Waals surface area contributed by atoms with Crippen molar-refractivity contribution >= 4 is 0 Å². The molecule has 0 amide bonds. The molecule has 0 spiro atoms. The first-order valence-corrected chi connectivity index (χ1v) is 4.29. The second kappa shape index (κ2) is 2.30. The van der Waals surface area contributed by atoms with Crippen LogP contribution < -0.4 is 5.73 Å². The van der Waals surface area contributed by atoms with Crippen LogP contribution in [-0.2, 0) is 0 Å². The lowest BCUT2D eigenvalue weighted by molar-refractivity contribution is 0.598. The van der Waals surface area contributed by atoms with Gasteiger partial charge >= 0.3 is 0 Å². The highest BCUT2D eigenvalue weighted by Gasteiger charge is 2.56. The van der Waals surface area contributed by atoms with Crippen molar-refractivity contribution in [2.24, 2.45) is 11.1 Å². The summed E-state index contributed by atoms with van der Waals surface area (Å²) in [5, 5.41) is 0. The Kier molecular flexibility index (Phi) is 1.48. The average Bonchev–Trinajstić information content (AvgIpc) is 2.53. The lowest BCUT2D eigenvalue weighted by Gasteiger charge is -2.00. The van der Waals surface area contributed by atoms with Crippen LogP contribution >= 0.6 is 0 Å². The molecule has 1 heterocycles. The van der Waals surface area contributed by atoms with E-state index in [4.69, 9.17) is 5.73 Å². The van der Waals surface area contributed by atoms with E-state index >= 15 is 0 Å². The van der Waals surface area contributed by atoms with Gasteiger partial charge in [0, 0.05) is 24.4 Å². The fourth-order valence-corrected chi connectivity index (χ4v) is 1.87. The van der Waals surface area contributed by atoms with Gasteiger partial charge in [-0.2, -0.15) is 0 Å². The lowest BCUT2D eigenvalue weighted by Crippen LogP contribution is -2.06. The van der Waals surface area contributed by atoms with Crippen molar-refractivity contribution in [3.05, 3.63) is 30.1 Å².